The topological polar surface area (TPSA) is 116 Å². The molecule has 0 radical (unpaired) electrons. The SMILES string of the molecule is COc1ccc(N=C2NC(=O)/C(=C\c3ccc(-c4ccc([N+](=O)[O-])cc4Cl)o3)S2)c(OC)c1. The average Bonchev–Trinajstić information content (AvgIpc) is 3.40. The Labute approximate surface area is 197 Å². The molecule has 4 rings (SSSR count). The number of halogens is 1. The molecule has 1 saturated heterocycles. The maximum atomic E-state index is 12.4. The molecule has 0 spiro atoms. The smallest absolute Gasteiger partial charge is 0.270 e. The number of amides is 1. The van der Waals surface area contributed by atoms with Crippen molar-refractivity contribution in [3.8, 4) is 22.8 Å². The Morgan fingerprint density at radius 1 is 1.15 bits per heavy atom. The minimum absolute atomic E-state index is 0.114. The van der Waals surface area contributed by atoms with Gasteiger partial charge in [-0.2, -0.15) is 0 Å². The van der Waals surface area contributed by atoms with E-state index in [-0.39, 0.29) is 16.6 Å². The largest absolute Gasteiger partial charge is 0.497 e. The molecule has 2 heterocycles. The number of carbonyl (C=O) groups excluding carboxylic acids is 1. The fraction of sp³-hybridized carbons (Fsp3) is 0.0909. The third kappa shape index (κ3) is 4.86. The van der Waals surface area contributed by atoms with E-state index in [1.165, 1.54) is 25.3 Å². The summed E-state index contributed by atoms with van der Waals surface area (Å²) in [6.45, 7) is 0. The molecule has 9 nitrogen and oxygen atoms in total. The number of nitrogens with one attached hydrogen (secondary N) is 1. The van der Waals surface area contributed by atoms with Crippen LogP contribution in [0.15, 0.2) is 62.8 Å². The molecule has 0 saturated carbocycles. The number of benzene rings is 2. The molecule has 0 atom stereocenters. The fourth-order valence-corrected chi connectivity index (χ4v) is 4.07. The van der Waals surface area contributed by atoms with Crippen LogP contribution in [0.1, 0.15) is 5.76 Å². The number of carbonyl (C=O) groups is 1. The number of amidine groups is 1. The maximum absolute atomic E-state index is 12.4. The van der Waals surface area contributed by atoms with Crippen molar-refractivity contribution in [2.45, 2.75) is 0 Å². The molecule has 2 aromatic carbocycles. The van der Waals surface area contributed by atoms with Crippen LogP contribution < -0.4 is 14.8 Å². The number of methoxy groups -OCH3 is 2. The van der Waals surface area contributed by atoms with Crippen LogP contribution >= 0.6 is 23.4 Å². The molecule has 1 aliphatic heterocycles. The molecule has 33 heavy (non-hydrogen) atoms. The second-order valence-electron chi connectivity index (χ2n) is 6.64. The third-order valence-corrected chi connectivity index (χ3v) is 5.81. The van der Waals surface area contributed by atoms with Crippen LogP contribution in [0.5, 0.6) is 11.5 Å². The zero-order valence-corrected chi connectivity index (χ0v) is 18.9. The van der Waals surface area contributed by atoms with Gasteiger partial charge in [-0.3, -0.25) is 14.9 Å². The molecule has 11 heteroatoms. The van der Waals surface area contributed by atoms with Crippen LogP contribution in [0.3, 0.4) is 0 Å². The Hall–Kier alpha value is -3.76. The number of hydrogen-bond donors (Lipinski definition) is 1. The lowest BCUT2D eigenvalue weighted by Crippen LogP contribution is -2.19. The summed E-state index contributed by atoms with van der Waals surface area (Å²) in [5.41, 5.74) is 0.928. The van der Waals surface area contributed by atoms with Crippen molar-refractivity contribution in [2.75, 3.05) is 14.2 Å². The summed E-state index contributed by atoms with van der Waals surface area (Å²) in [7, 11) is 3.08. The lowest BCUT2D eigenvalue weighted by Gasteiger charge is -2.07. The molecule has 1 fully saturated rings. The molecule has 1 amide bonds. The molecule has 1 aromatic heterocycles. The normalized spacial score (nSPS) is 15.7. The molecule has 0 bridgehead atoms. The van der Waals surface area contributed by atoms with Crippen LogP contribution in [0.25, 0.3) is 17.4 Å². The van der Waals surface area contributed by atoms with E-state index < -0.39 is 4.92 Å². The number of furan rings is 1. The van der Waals surface area contributed by atoms with Gasteiger partial charge in [0.15, 0.2) is 5.17 Å². The van der Waals surface area contributed by atoms with E-state index in [1.54, 1.807) is 43.5 Å². The first-order valence-electron chi connectivity index (χ1n) is 9.43. The predicted molar refractivity (Wildman–Crippen MR) is 126 cm³/mol. The molecule has 0 aliphatic carbocycles. The van der Waals surface area contributed by atoms with Gasteiger partial charge in [-0.05, 0) is 42.1 Å². The quantitative estimate of drug-likeness (QED) is 0.281. The minimum Gasteiger partial charge on any atom is -0.497 e. The number of rotatable bonds is 6. The Bertz CT molecular complexity index is 1320. The van der Waals surface area contributed by atoms with Gasteiger partial charge in [0.25, 0.3) is 11.6 Å². The van der Waals surface area contributed by atoms with Crippen LogP contribution in [0.4, 0.5) is 11.4 Å². The van der Waals surface area contributed by atoms with Gasteiger partial charge in [0, 0.05) is 29.8 Å². The molecular formula is C22H16ClN3O6S. The van der Waals surface area contributed by atoms with Crippen LogP contribution in [0, 0.1) is 10.1 Å². The van der Waals surface area contributed by atoms with E-state index in [1.807, 2.05) is 0 Å². The van der Waals surface area contributed by atoms with Crippen molar-refractivity contribution in [1.29, 1.82) is 0 Å². The monoisotopic (exact) mass is 485 g/mol. The summed E-state index contributed by atoms with van der Waals surface area (Å²) in [5, 5.41) is 14.2. The zero-order valence-electron chi connectivity index (χ0n) is 17.3. The number of aliphatic imine (C=N–C) groups is 1. The lowest BCUT2D eigenvalue weighted by molar-refractivity contribution is -0.384. The molecule has 168 valence electrons. The first-order chi connectivity index (χ1) is 15.9. The maximum Gasteiger partial charge on any atom is 0.270 e. The number of nitrogens with zero attached hydrogens (tertiary/aromatic N) is 2. The second-order valence-corrected chi connectivity index (χ2v) is 8.08. The van der Waals surface area contributed by atoms with Gasteiger partial charge in [0.05, 0.1) is 29.1 Å². The highest BCUT2D eigenvalue weighted by molar-refractivity contribution is 8.18. The van der Waals surface area contributed by atoms with Gasteiger partial charge >= 0.3 is 0 Å². The van der Waals surface area contributed by atoms with Gasteiger partial charge < -0.3 is 19.2 Å². The summed E-state index contributed by atoms with van der Waals surface area (Å²) in [4.78, 5) is 27.6. The highest BCUT2D eigenvalue weighted by atomic mass is 35.5. The number of nitro groups is 1. The summed E-state index contributed by atoms with van der Waals surface area (Å²) in [6.07, 6.45) is 1.58. The molecule has 1 N–H and O–H groups in total. The van der Waals surface area contributed by atoms with Gasteiger partial charge in [0.1, 0.15) is 28.7 Å². The summed E-state index contributed by atoms with van der Waals surface area (Å²) < 4.78 is 16.3. The minimum atomic E-state index is -0.524. The molecule has 1 aliphatic rings. The zero-order chi connectivity index (χ0) is 23.5. The van der Waals surface area contributed by atoms with E-state index in [9.17, 15) is 14.9 Å². The lowest BCUT2D eigenvalue weighted by atomic mass is 10.1. The van der Waals surface area contributed by atoms with Gasteiger partial charge in [-0.1, -0.05) is 11.6 Å². The number of thioether (sulfide) groups is 1. The van der Waals surface area contributed by atoms with Crippen LogP contribution in [-0.2, 0) is 4.79 Å². The fourth-order valence-electron chi connectivity index (χ4n) is 2.99. The van der Waals surface area contributed by atoms with E-state index in [0.29, 0.717) is 44.3 Å². The van der Waals surface area contributed by atoms with Crippen molar-refractivity contribution >= 4 is 51.9 Å². The molecule has 0 unspecified atom stereocenters. The van der Waals surface area contributed by atoms with Gasteiger partial charge in [-0.15, -0.1) is 0 Å². The Balaban J connectivity index is 1.56. The number of non-ortho nitro benzene ring substituents is 1. The molecular weight excluding hydrogens is 470 g/mol. The average molecular weight is 486 g/mol. The van der Waals surface area contributed by atoms with E-state index in [2.05, 4.69) is 10.3 Å². The van der Waals surface area contributed by atoms with Crippen LogP contribution in [-0.4, -0.2) is 30.2 Å². The number of hydrogen-bond acceptors (Lipinski definition) is 8. The first-order valence-corrected chi connectivity index (χ1v) is 10.6. The van der Waals surface area contributed by atoms with E-state index in [0.717, 1.165) is 11.8 Å². The summed E-state index contributed by atoms with van der Waals surface area (Å²) >= 11 is 7.32. The first kappa shape index (κ1) is 22.4. The second kappa shape index (κ2) is 9.39. The Morgan fingerprint density at radius 3 is 2.67 bits per heavy atom. The van der Waals surface area contributed by atoms with Crippen molar-refractivity contribution in [2.24, 2.45) is 4.99 Å². The molecule has 3 aromatic rings. The third-order valence-electron chi connectivity index (χ3n) is 4.59. The van der Waals surface area contributed by atoms with Crippen molar-refractivity contribution in [1.82, 2.24) is 5.32 Å². The highest BCUT2D eigenvalue weighted by Gasteiger charge is 2.25. The standard InChI is InChI=1S/C22H16ClN3O6S/c1-30-13-4-7-17(19(10-13)31-2)24-22-25-21(27)20(33-22)11-14-5-8-18(32-14)15-6-3-12(26(28)29)9-16(15)23/h3-11H,1-2H3,(H,24,25,27)/b20-11+. The predicted octanol–water partition coefficient (Wildman–Crippen LogP) is 5.42. The van der Waals surface area contributed by atoms with Crippen molar-refractivity contribution in [3.63, 3.8) is 0 Å². The number of nitro benzene ring substituents is 1. The van der Waals surface area contributed by atoms with Gasteiger partial charge in [0.2, 0.25) is 0 Å². The van der Waals surface area contributed by atoms with Crippen LogP contribution in [0.2, 0.25) is 5.02 Å². The van der Waals surface area contributed by atoms with Crippen molar-refractivity contribution in [3.05, 3.63) is 74.3 Å². The van der Waals surface area contributed by atoms with Crippen molar-refractivity contribution < 1.29 is 23.6 Å². The summed E-state index contributed by atoms with van der Waals surface area (Å²) in [6, 6.07) is 12.6. The Kier molecular flexibility index (Phi) is 6.38. The van der Waals surface area contributed by atoms with E-state index >= 15 is 0 Å². The van der Waals surface area contributed by atoms with Gasteiger partial charge in [-0.25, -0.2) is 4.99 Å². The summed E-state index contributed by atoms with van der Waals surface area (Å²) in [5.74, 6) is 1.64. The highest BCUT2D eigenvalue weighted by Crippen LogP contribution is 2.36. The van der Waals surface area contributed by atoms with E-state index in [4.69, 9.17) is 25.5 Å². The Morgan fingerprint density at radius 2 is 1.97 bits per heavy atom. The number of ether oxygens (including phenoxy) is 2.